The largest absolute Gasteiger partial charge is 0.326 e. The van der Waals surface area contributed by atoms with Crippen LogP contribution >= 0.6 is 23.2 Å². The van der Waals surface area contributed by atoms with E-state index in [-0.39, 0.29) is 5.91 Å². The van der Waals surface area contributed by atoms with Gasteiger partial charge in [0, 0.05) is 22.2 Å². The maximum atomic E-state index is 11.9. The standard InChI is InChI=1S/C17H17Cl2NO/c1-12-11-15(19)9-10-16(12)20-17(21)4-2-3-13-5-7-14(18)8-6-13/h5-11H,2-4H2,1H3,(H,20,21). The fraction of sp³-hybridized carbons (Fsp3) is 0.235. The van der Waals surface area contributed by atoms with Crippen LogP contribution in [0, 0.1) is 6.92 Å². The van der Waals surface area contributed by atoms with Crippen LogP contribution in [0.2, 0.25) is 10.0 Å². The topological polar surface area (TPSA) is 29.1 Å². The minimum Gasteiger partial charge on any atom is -0.326 e. The molecule has 21 heavy (non-hydrogen) atoms. The number of aryl methyl sites for hydroxylation is 2. The molecule has 1 amide bonds. The van der Waals surface area contributed by atoms with E-state index in [0.29, 0.717) is 11.4 Å². The van der Waals surface area contributed by atoms with E-state index in [4.69, 9.17) is 23.2 Å². The number of amides is 1. The molecule has 0 spiro atoms. The van der Waals surface area contributed by atoms with Crippen LogP contribution in [0.5, 0.6) is 0 Å². The highest BCUT2D eigenvalue weighted by Crippen LogP contribution is 2.20. The Balaban J connectivity index is 1.81. The van der Waals surface area contributed by atoms with Crippen molar-refractivity contribution in [1.82, 2.24) is 0 Å². The van der Waals surface area contributed by atoms with Gasteiger partial charge < -0.3 is 5.32 Å². The summed E-state index contributed by atoms with van der Waals surface area (Å²) >= 11 is 11.7. The first kappa shape index (κ1) is 15.9. The van der Waals surface area contributed by atoms with Gasteiger partial charge in [-0.2, -0.15) is 0 Å². The lowest BCUT2D eigenvalue weighted by Gasteiger charge is -2.08. The van der Waals surface area contributed by atoms with Gasteiger partial charge in [-0.15, -0.1) is 0 Å². The summed E-state index contributed by atoms with van der Waals surface area (Å²) in [6, 6.07) is 13.2. The summed E-state index contributed by atoms with van der Waals surface area (Å²) in [5.74, 6) is 0.0226. The molecular formula is C17H17Cl2NO. The molecule has 2 nitrogen and oxygen atoms in total. The highest BCUT2D eigenvalue weighted by molar-refractivity contribution is 6.31. The third-order valence-corrected chi connectivity index (χ3v) is 3.73. The zero-order valence-corrected chi connectivity index (χ0v) is 13.3. The number of carbonyl (C=O) groups excluding carboxylic acids is 1. The van der Waals surface area contributed by atoms with E-state index in [0.717, 1.165) is 29.1 Å². The number of benzene rings is 2. The highest BCUT2D eigenvalue weighted by Gasteiger charge is 2.05. The SMILES string of the molecule is Cc1cc(Cl)ccc1NC(=O)CCCc1ccc(Cl)cc1. The van der Waals surface area contributed by atoms with Gasteiger partial charge in [-0.25, -0.2) is 0 Å². The van der Waals surface area contributed by atoms with Gasteiger partial charge in [-0.3, -0.25) is 4.79 Å². The average molecular weight is 322 g/mol. The average Bonchev–Trinajstić information content (AvgIpc) is 2.44. The summed E-state index contributed by atoms with van der Waals surface area (Å²) in [6.07, 6.45) is 2.16. The van der Waals surface area contributed by atoms with E-state index >= 15 is 0 Å². The van der Waals surface area contributed by atoms with Gasteiger partial charge >= 0.3 is 0 Å². The van der Waals surface area contributed by atoms with Crippen molar-refractivity contribution in [2.75, 3.05) is 5.32 Å². The number of hydrogen-bond acceptors (Lipinski definition) is 1. The zero-order chi connectivity index (χ0) is 15.2. The molecule has 0 aliphatic rings. The van der Waals surface area contributed by atoms with Crippen molar-refractivity contribution in [3.8, 4) is 0 Å². The molecule has 2 aromatic rings. The third-order valence-electron chi connectivity index (χ3n) is 3.25. The summed E-state index contributed by atoms with van der Waals surface area (Å²) in [7, 11) is 0. The summed E-state index contributed by atoms with van der Waals surface area (Å²) in [4.78, 5) is 11.9. The Morgan fingerprint density at radius 2 is 1.71 bits per heavy atom. The van der Waals surface area contributed by atoms with Gasteiger partial charge in [0.1, 0.15) is 0 Å². The lowest BCUT2D eigenvalue weighted by Crippen LogP contribution is -2.12. The van der Waals surface area contributed by atoms with Crippen molar-refractivity contribution in [3.63, 3.8) is 0 Å². The Hall–Kier alpha value is -1.51. The molecule has 4 heteroatoms. The fourth-order valence-electron chi connectivity index (χ4n) is 2.08. The number of nitrogens with one attached hydrogen (secondary N) is 1. The molecule has 0 atom stereocenters. The Bertz CT molecular complexity index is 623. The Kier molecular flexibility index (Phi) is 5.66. The van der Waals surface area contributed by atoms with Crippen molar-refractivity contribution in [3.05, 3.63) is 63.6 Å². The zero-order valence-electron chi connectivity index (χ0n) is 11.8. The molecule has 0 heterocycles. The second-order valence-corrected chi connectivity index (χ2v) is 5.86. The van der Waals surface area contributed by atoms with Crippen molar-refractivity contribution < 1.29 is 4.79 Å². The quantitative estimate of drug-likeness (QED) is 0.799. The van der Waals surface area contributed by atoms with Crippen molar-refractivity contribution in [1.29, 1.82) is 0 Å². The molecule has 0 aliphatic carbocycles. The molecule has 0 fully saturated rings. The smallest absolute Gasteiger partial charge is 0.224 e. The maximum absolute atomic E-state index is 11.9. The first-order chi connectivity index (χ1) is 10.0. The molecular weight excluding hydrogens is 305 g/mol. The minimum absolute atomic E-state index is 0.0226. The molecule has 0 bridgehead atoms. The minimum atomic E-state index is 0.0226. The Morgan fingerprint density at radius 1 is 1.05 bits per heavy atom. The molecule has 0 saturated carbocycles. The van der Waals surface area contributed by atoms with E-state index in [1.54, 1.807) is 6.07 Å². The first-order valence-electron chi connectivity index (χ1n) is 6.85. The summed E-state index contributed by atoms with van der Waals surface area (Å²) in [5, 5.41) is 4.32. The van der Waals surface area contributed by atoms with Gasteiger partial charge in [0.15, 0.2) is 0 Å². The van der Waals surface area contributed by atoms with Gasteiger partial charge in [0.2, 0.25) is 5.91 Å². The van der Waals surface area contributed by atoms with E-state index in [1.165, 1.54) is 5.56 Å². The summed E-state index contributed by atoms with van der Waals surface area (Å²) < 4.78 is 0. The lowest BCUT2D eigenvalue weighted by molar-refractivity contribution is -0.116. The van der Waals surface area contributed by atoms with Crippen LogP contribution in [-0.4, -0.2) is 5.91 Å². The van der Waals surface area contributed by atoms with E-state index in [1.807, 2.05) is 43.3 Å². The number of hydrogen-bond donors (Lipinski definition) is 1. The third kappa shape index (κ3) is 5.07. The monoisotopic (exact) mass is 321 g/mol. The highest BCUT2D eigenvalue weighted by atomic mass is 35.5. The van der Waals surface area contributed by atoms with Gasteiger partial charge in [-0.1, -0.05) is 35.3 Å². The second-order valence-electron chi connectivity index (χ2n) is 4.99. The van der Waals surface area contributed by atoms with Gasteiger partial charge in [0.25, 0.3) is 0 Å². The first-order valence-corrected chi connectivity index (χ1v) is 7.60. The summed E-state index contributed by atoms with van der Waals surface area (Å²) in [6.45, 7) is 1.93. The van der Waals surface area contributed by atoms with Crippen molar-refractivity contribution in [2.45, 2.75) is 26.2 Å². The molecule has 110 valence electrons. The van der Waals surface area contributed by atoms with Crippen molar-refractivity contribution >= 4 is 34.8 Å². The Labute approximate surface area is 135 Å². The second kappa shape index (κ2) is 7.48. The molecule has 2 aromatic carbocycles. The predicted octanol–water partition coefficient (Wildman–Crippen LogP) is 5.26. The van der Waals surface area contributed by atoms with Crippen LogP contribution in [0.25, 0.3) is 0 Å². The molecule has 2 rings (SSSR count). The van der Waals surface area contributed by atoms with Crippen LogP contribution in [0.3, 0.4) is 0 Å². The van der Waals surface area contributed by atoms with Crippen LogP contribution in [0.4, 0.5) is 5.69 Å². The number of anilines is 1. The number of rotatable bonds is 5. The molecule has 0 unspecified atom stereocenters. The summed E-state index contributed by atoms with van der Waals surface area (Å²) in [5.41, 5.74) is 2.97. The molecule has 1 N–H and O–H groups in total. The normalized spacial score (nSPS) is 10.4. The Morgan fingerprint density at radius 3 is 2.38 bits per heavy atom. The van der Waals surface area contributed by atoms with Crippen LogP contribution in [0.15, 0.2) is 42.5 Å². The number of carbonyl (C=O) groups is 1. The molecule has 0 saturated heterocycles. The maximum Gasteiger partial charge on any atom is 0.224 e. The number of halogens is 2. The van der Waals surface area contributed by atoms with Crippen LogP contribution in [0.1, 0.15) is 24.0 Å². The van der Waals surface area contributed by atoms with E-state index in [2.05, 4.69) is 5.32 Å². The van der Waals surface area contributed by atoms with Gasteiger partial charge in [-0.05, 0) is 61.2 Å². The van der Waals surface area contributed by atoms with Crippen LogP contribution < -0.4 is 5.32 Å². The van der Waals surface area contributed by atoms with E-state index in [9.17, 15) is 4.79 Å². The fourth-order valence-corrected chi connectivity index (χ4v) is 2.44. The van der Waals surface area contributed by atoms with Crippen molar-refractivity contribution in [2.24, 2.45) is 0 Å². The molecule has 0 aliphatic heterocycles. The molecule has 0 aromatic heterocycles. The van der Waals surface area contributed by atoms with Crippen LogP contribution in [-0.2, 0) is 11.2 Å². The van der Waals surface area contributed by atoms with E-state index < -0.39 is 0 Å². The lowest BCUT2D eigenvalue weighted by atomic mass is 10.1. The van der Waals surface area contributed by atoms with Gasteiger partial charge in [0.05, 0.1) is 0 Å². The molecule has 0 radical (unpaired) electrons. The predicted molar refractivity (Wildman–Crippen MR) is 89.2 cm³/mol.